The van der Waals surface area contributed by atoms with Gasteiger partial charge in [-0.2, -0.15) is 0 Å². The van der Waals surface area contributed by atoms with Gasteiger partial charge < -0.3 is 4.90 Å². The summed E-state index contributed by atoms with van der Waals surface area (Å²) in [5.74, 6) is 0. The molecule has 3 aromatic carbocycles. The summed E-state index contributed by atoms with van der Waals surface area (Å²) in [6.45, 7) is 0. The fourth-order valence-electron chi connectivity index (χ4n) is 4.07. The molecular formula is C33H26MnN4. The third-order valence-corrected chi connectivity index (χ3v) is 5.76. The number of hydrogen-bond acceptors (Lipinski definition) is 4. The van der Waals surface area contributed by atoms with Gasteiger partial charge in [0.25, 0.3) is 0 Å². The summed E-state index contributed by atoms with van der Waals surface area (Å²) in [7, 11) is 0. The molecule has 6 aromatic rings. The predicted molar refractivity (Wildman–Crippen MR) is 152 cm³/mol. The molecule has 38 heavy (non-hydrogen) atoms. The second kappa shape index (κ2) is 13.7. The number of pyridine rings is 3. The van der Waals surface area contributed by atoms with Crippen LogP contribution in [0.1, 0.15) is 0 Å². The molecule has 0 atom stereocenters. The summed E-state index contributed by atoms with van der Waals surface area (Å²) in [5, 5.41) is 0. The maximum absolute atomic E-state index is 4.46. The molecule has 1 radical (unpaired) electrons. The Labute approximate surface area is 234 Å². The molecule has 0 unspecified atom stereocenters. The SMILES string of the molecule is [Mn].c1ccc(N(c2ccccc2)c2ccccc2)cc1.c1cncc(-c2cccnc2-c2cccnc2)c1. The standard InChI is InChI=1S/C18H15N.C15H11N3.Mn/c1-4-10-16(11-5-1)19(17-12-6-2-7-13-17)18-14-8-3-9-15-18;1-4-12(10-16-7-1)14-6-3-9-18-15(14)13-5-2-8-17-11-13;/h1-15H;1-11H;. The van der Waals surface area contributed by atoms with Gasteiger partial charge in [-0.15, -0.1) is 0 Å². The molecule has 0 aliphatic heterocycles. The van der Waals surface area contributed by atoms with Gasteiger partial charge in [-0.05, 0) is 60.7 Å². The summed E-state index contributed by atoms with van der Waals surface area (Å²) in [4.78, 5) is 15.0. The fourth-order valence-corrected chi connectivity index (χ4v) is 4.07. The van der Waals surface area contributed by atoms with Gasteiger partial charge in [-0.25, -0.2) is 0 Å². The molecule has 0 saturated heterocycles. The molecule has 6 rings (SSSR count). The van der Waals surface area contributed by atoms with Gasteiger partial charge in [0, 0.05) is 81.8 Å². The van der Waals surface area contributed by atoms with Crippen molar-refractivity contribution in [2.45, 2.75) is 0 Å². The van der Waals surface area contributed by atoms with Crippen molar-refractivity contribution in [2.75, 3.05) is 4.90 Å². The first-order valence-corrected chi connectivity index (χ1v) is 12.1. The Hall–Kier alpha value is -4.57. The molecule has 3 aromatic heterocycles. The Morgan fingerprint density at radius 1 is 0.421 bits per heavy atom. The molecule has 0 aliphatic rings. The van der Waals surface area contributed by atoms with Crippen LogP contribution in [0.2, 0.25) is 0 Å². The summed E-state index contributed by atoms with van der Waals surface area (Å²) in [6, 6.07) is 43.1. The molecule has 0 bridgehead atoms. The van der Waals surface area contributed by atoms with Gasteiger partial charge in [0.05, 0.1) is 5.69 Å². The number of benzene rings is 3. The van der Waals surface area contributed by atoms with Crippen LogP contribution in [0, 0.1) is 0 Å². The average Bonchev–Trinajstić information content (AvgIpc) is 3.00. The van der Waals surface area contributed by atoms with E-state index >= 15 is 0 Å². The molecule has 0 saturated carbocycles. The van der Waals surface area contributed by atoms with E-state index in [9.17, 15) is 0 Å². The Bertz CT molecular complexity index is 1350. The van der Waals surface area contributed by atoms with E-state index in [1.165, 1.54) is 17.1 Å². The second-order valence-corrected chi connectivity index (χ2v) is 8.23. The molecule has 185 valence electrons. The zero-order valence-electron chi connectivity index (χ0n) is 20.7. The first-order valence-electron chi connectivity index (χ1n) is 12.1. The minimum absolute atomic E-state index is 0. The molecule has 0 fully saturated rings. The molecule has 0 spiro atoms. The first kappa shape index (κ1) is 26.5. The molecule has 4 nitrogen and oxygen atoms in total. The smallest absolute Gasteiger partial charge is 0.0796 e. The van der Waals surface area contributed by atoms with Crippen molar-refractivity contribution < 1.29 is 17.1 Å². The van der Waals surface area contributed by atoms with Crippen LogP contribution in [-0.2, 0) is 17.1 Å². The summed E-state index contributed by atoms with van der Waals surface area (Å²) in [5.41, 5.74) is 7.57. The number of para-hydroxylation sites is 3. The molecular weight excluding hydrogens is 507 g/mol. The van der Waals surface area contributed by atoms with Gasteiger partial charge in [0.2, 0.25) is 0 Å². The van der Waals surface area contributed by atoms with Gasteiger partial charge in [0.1, 0.15) is 0 Å². The van der Waals surface area contributed by atoms with Gasteiger partial charge in [0.15, 0.2) is 0 Å². The van der Waals surface area contributed by atoms with Crippen LogP contribution in [-0.4, -0.2) is 15.0 Å². The van der Waals surface area contributed by atoms with Crippen LogP contribution >= 0.6 is 0 Å². The molecule has 3 heterocycles. The van der Waals surface area contributed by atoms with E-state index in [1.807, 2.05) is 67.0 Å². The zero-order valence-corrected chi connectivity index (χ0v) is 21.9. The van der Waals surface area contributed by atoms with Crippen LogP contribution in [0.5, 0.6) is 0 Å². The van der Waals surface area contributed by atoms with Gasteiger partial charge >= 0.3 is 0 Å². The first-order chi connectivity index (χ1) is 18.4. The number of rotatable bonds is 5. The van der Waals surface area contributed by atoms with Crippen molar-refractivity contribution in [3.05, 3.63) is 158 Å². The third kappa shape index (κ3) is 6.59. The third-order valence-electron chi connectivity index (χ3n) is 5.76. The number of nitrogens with zero attached hydrogens (tertiary/aromatic N) is 4. The van der Waals surface area contributed by atoms with Crippen molar-refractivity contribution >= 4 is 17.1 Å². The molecule has 5 heteroatoms. The van der Waals surface area contributed by atoms with Crippen molar-refractivity contribution in [3.63, 3.8) is 0 Å². The van der Waals surface area contributed by atoms with Crippen LogP contribution in [0.25, 0.3) is 22.4 Å². The predicted octanol–water partition coefficient (Wildman–Crippen LogP) is 8.36. The van der Waals surface area contributed by atoms with E-state index in [0.717, 1.165) is 22.4 Å². The zero-order chi connectivity index (χ0) is 25.1. The molecule has 0 N–H and O–H groups in total. The van der Waals surface area contributed by atoms with Crippen LogP contribution in [0.4, 0.5) is 17.1 Å². The van der Waals surface area contributed by atoms with Gasteiger partial charge in [-0.3, -0.25) is 15.0 Å². The van der Waals surface area contributed by atoms with E-state index in [2.05, 4.69) is 92.6 Å². The van der Waals surface area contributed by atoms with Crippen LogP contribution in [0.3, 0.4) is 0 Å². The molecule has 0 amide bonds. The summed E-state index contributed by atoms with van der Waals surface area (Å²) >= 11 is 0. The number of hydrogen-bond donors (Lipinski definition) is 0. The minimum Gasteiger partial charge on any atom is -0.311 e. The number of anilines is 3. The largest absolute Gasteiger partial charge is 0.311 e. The minimum atomic E-state index is 0. The monoisotopic (exact) mass is 533 g/mol. The maximum Gasteiger partial charge on any atom is 0.0796 e. The van der Waals surface area contributed by atoms with Crippen LogP contribution < -0.4 is 4.90 Å². The van der Waals surface area contributed by atoms with E-state index < -0.39 is 0 Å². The van der Waals surface area contributed by atoms with Gasteiger partial charge in [-0.1, -0.05) is 66.7 Å². The summed E-state index contributed by atoms with van der Waals surface area (Å²) < 4.78 is 0. The normalized spacial score (nSPS) is 9.89. The Kier molecular flexibility index (Phi) is 9.52. The van der Waals surface area contributed by atoms with E-state index in [-0.39, 0.29) is 17.1 Å². The number of aromatic nitrogens is 3. The summed E-state index contributed by atoms with van der Waals surface area (Å²) in [6.07, 6.45) is 8.99. The van der Waals surface area contributed by atoms with E-state index in [4.69, 9.17) is 0 Å². The Morgan fingerprint density at radius 2 is 0.868 bits per heavy atom. The Morgan fingerprint density at radius 3 is 1.32 bits per heavy atom. The van der Waals surface area contributed by atoms with Crippen molar-refractivity contribution in [1.29, 1.82) is 0 Å². The fraction of sp³-hybridized carbons (Fsp3) is 0. The van der Waals surface area contributed by atoms with E-state index in [1.54, 1.807) is 18.6 Å². The van der Waals surface area contributed by atoms with Crippen molar-refractivity contribution in [3.8, 4) is 22.4 Å². The van der Waals surface area contributed by atoms with Crippen molar-refractivity contribution in [1.82, 2.24) is 15.0 Å². The average molecular weight is 534 g/mol. The second-order valence-electron chi connectivity index (χ2n) is 8.23. The quantitative estimate of drug-likeness (QED) is 0.209. The van der Waals surface area contributed by atoms with Crippen LogP contribution in [0.15, 0.2) is 158 Å². The topological polar surface area (TPSA) is 41.9 Å². The Balaban J connectivity index is 0.000000173. The molecule has 0 aliphatic carbocycles. The maximum atomic E-state index is 4.46. The van der Waals surface area contributed by atoms with Crippen molar-refractivity contribution in [2.24, 2.45) is 0 Å². The van der Waals surface area contributed by atoms with E-state index in [0.29, 0.717) is 0 Å².